The summed E-state index contributed by atoms with van der Waals surface area (Å²) in [6, 6.07) is 0. The van der Waals surface area contributed by atoms with Crippen LogP contribution in [0.25, 0.3) is 0 Å². The highest BCUT2D eigenvalue weighted by atomic mass is 16.6. The third kappa shape index (κ3) is 3.25. The molecule has 0 aliphatic rings. The molecular formula is C9H15N5O3. The van der Waals surface area contributed by atoms with E-state index in [-0.39, 0.29) is 23.9 Å². The minimum absolute atomic E-state index is 0.0876. The number of likely N-dealkylation sites (N-methyl/N-ethyl adjacent to an activating group) is 1. The number of aromatic nitrogens is 2. The molecule has 8 nitrogen and oxygen atoms in total. The van der Waals surface area contributed by atoms with Crippen molar-refractivity contribution < 1.29 is 10.0 Å². The standard InChI is InChI=1S/C9H15N5O3/c1-9(2,15)4-13(3)8-6(14(16)17)7(10)11-5-12-8/h5,15H,4H2,1-3H3,(H2,10,11,12). The third-order valence-electron chi connectivity index (χ3n) is 2.00. The first-order valence-electron chi connectivity index (χ1n) is 4.91. The first kappa shape index (κ1) is 13.1. The predicted octanol–water partition coefficient (Wildman–Crippen LogP) is 0.174. The summed E-state index contributed by atoms with van der Waals surface area (Å²) in [5, 5.41) is 20.5. The molecule has 0 amide bonds. The maximum atomic E-state index is 10.9. The Morgan fingerprint density at radius 2 is 2.18 bits per heavy atom. The first-order chi connectivity index (χ1) is 7.72. The Labute approximate surface area is 98.2 Å². The predicted molar refractivity (Wildman–Crippen MR) is 62.7 cm³/mol. The summed E-state index contributed by atoms with van der Waals surface area (Å²) in [6.07, 6.45) is 1.15. The van der Waals surface area contributed by atoms with Crippen molar-refractivity contribution in [2.24, 2.45) is 0 Å². The molecule has 1 aromatic heterocycles. The lowest BCUT2D eigenvalue weighted by Crippen LogP contribution is -2.37. The van der Waals surface area contributed by atoms with E-state index in [1.165, 1.54) is 4.90 Å². The van der Waals surface area contributed by atoms with E-state index in [2.05, 4.69) is 9.97 Å². The van der Waals surface area contributed by atoms with Gasteiger partial charge in [-0.25, -0.2) is 9.97 Å². The molecule has 0 aliphatic carbocycles. The smallest absolute Gasteiger partial charge is 0.353 e. The quantitative estimate of drug-likeness (QED) is 0.569. The molecule has 0 saturated heterocycles. The molecule has 94 valence electrons. The molecule has 0 radical (unpaired) electrons. The average molecular weight is 241 g/mol. The number of hydrogen-bond acceptors (Lipinski definition) is 7. The second-order valence-electron chi connectivity index (χ2n) is 4.36. The fraction of sp³-hybridized carbons (Fsp3) is 0.556. The Morgan fingerprint density at radius 3 is 2.65 bits per heavy atom. The summed E-state index contributed by atoms with van der Waals surface area (Å²) in [5.74, 6) is -0.104. The number of nitrogens with two attached hydrogens (primary N) is 1. The molecule has 0 fully saturated rings. The molecule has 1 aromatic rings. The van der Waals surface area contributed by atoms with Gasteiger partial charge in [0, 0.05) is 13.6 Å². The van der Waals surface area contributed by atoms with Gasteiger partial charge in [-0.05, 0) is 13.8 Å². The molecule has 0 unspecified atom stereocenters. The second kappa shape index (κ2) is 4.50. The van der Waals surface area contributed by atoms with Crippen molar-refractivity contribution >= 4 is 17.3 Å². The summed E-state index contributed by atoms with van der Waals surface area (Å²) >= 11 is 0. The van der Waals surface area contributed by atoms with Gasteiger partial charge in [0.15, 0.2) is 0 Å². The van der Waals surface area contributed by atoms with Crippen LogP contribution in [0.2, 0.25) is 0 Å². The van der Waals surface area contributed by atoms with E-state index in [0.717, 1.165) is 6.33 Å². The molecule has 0 saturated carbocycles. The Morgan fingerprint density at radius 1 is 1.59 bits per heavy atom. The Kier molecular flexibility index (Phi) is 3.47. The largest absolute Gasteiger partial charge is 0.389 e. The number of nitro groups is 1. The Bertz CT molecular complexity index is 429. The maximum absolute atomic E-state index is 10.9. The molecule has 0 atom stereocenters. The Hall–Kier alpha value is -1.96. The van der Waals surface area contributed by atoms with E-state index >= 15 is 0 Å². The molecule has 1 rings (SSSR count). The van der Waals surface area contributed by atoms with Gasteiger partial charge in [-0.15, -0.1) is 0 Å². The molecule has 1 heterocycles. The second-order valence-corrected chi connectivity index (χ2v) is 4.36. The van der Waals surface area contributed by atoms with Crippen LogP contribution in [0.1, 0.15) is 13.8 Å². The van der Waals surface area contributed by atoms with Crippen LogP contribution in [0.15, 0.2) is 6.33 Å². The minimum atomic E-state index is -0.998. The van der Waals surface area contributed by atoms with E-state index in [4.69, 9.17) is 5.73 Å². The molecule has 3 N–H and O–H groups in total. The summed E-state index contributed by atoms with van der Waals surface area (Å²) in [4.78, 5) is 19.1. The van der Waals surface area contributed by atoms with Crippen molar-refractivity contribution in [2.45, 2.75) is 19.4 Å². The third-order valence-corrected chi connectivity index (χ3v) is 2.00. The normalized spacial score (nSPS) is 11.3. The SMILES string of the molecule is CN(CC(C)(C)O)c1ncnc(N)c1[N+](=O)[O-]. The van der Waals surface area contributed by atoms with Gasteiger partial charge in [-0.1, -0.05) is 0 Å². The van der Waals surface area contributed by atoms with Gasteiger partial charge in [0.1, 0.15) is 6.33 Å². The van der Waals surface area contributed by atoms with Crippen molar-refractivity contribution in [3.63, 3.8) is 0 Å². The number of rotatable bonds is 4. The number of anilines is 2. The van der Waals surface area contributed by atoms with Gasteiger partial charge in [0.25, 0.3) is 0 Å². The molecule has 0 aliphatic heterocycles. The van der Waals surface area contributed by atoms with Crippen LogP contribution in [0.5, 0.6) is 0 Å². The van der Waals surface area contributed by atoms with Crippen LogP contribution in [0.3, 0.4) is 0 Å². The number of nitrogens with zero attached hydrogens (tertiary/aromatic N) is 4. The fourth-order valence-corrected chi connectivity index (χ4v) is 1.49. The first-order valence-corrected chi connectivity index (χ1v) is 4.91. The van der Waals surface area contributed by atoms with E-state index in [1.807, 2.05) is 0 Å². The van der Waals surface area contributed by atoms with Crippen LogP contribution in [0.4, 0.5) is 17.3 Å². The van der Waals surface area contributed by atoms with Crippen molar-refractivity contribution in [1.29, 1.82) is 0 Å². The molecule has 0 aromatic carbocycles. The van der Waals surface area contributed by atoms with Gasteiger partial charge >= 0.3 is 5.69 Å². The van der Waals surface area contributed by atoms with Crippen molar-refractivity contribution in [2.75, 3.05) is 24.2 Å². The summed E-state index contributed by atoms with van der Waals surface area (Å²) < 4.78 is 0. The van der Waals surface area contributed by atoms with Crippen molar-refractivity contribution in [3.05, 3.63) is 16.4 Å². The van der Waals surface area contributed by atoms with E-state index in [0.29, 0.717) is 0 Å². The topological polar surface area (TPSA) is 118 Å². The van der Waals surface area contributed by atoms with Gasteiger partial charge in [0.2, 0.25) is 11.6 Å². The fourth-order valence-electron chi connectivity index (χ4n) is 1.49. The molecular weight excluding hydrogens is 226 g/mol. The molecule has 8 heteroatoms. The molecule has 17 heavy (non-hydrogen) atoms. The Balaban J connectivity index is 3.13. The average Bonchev–Trinajstić information content (AvgIpc) is 2.13. The van der Waals surface area contributed by atoms with Crippen molar-refractivity contribution in [3.8, 4) is 0 Å². The van der Waals surface area contributed by atoms with E-state index < -0.39 is 10.5 Å². The number of aliphatic hydroxyl groups is 1. The van der Waals surface area contributed by atoms with Crippen LogP contribution >= 0.6 is 0 Å². The number of hydrogen-bond donors (Lipinski definition) is 2. The number of nitrogen functional groups attached to an aromatic ring is 1. The van der Waals surface area contributed by atoms with E-state index in [1.54, 1.807) is 20.9 Å². The molecule has 0 spiro atoms. The summed E-state index contributed by atoms with van der Waals surface area (Å²) in [7, 11) is 1.59. The maximum Gasteiger partial charge on any atom is 0.353 e. The highest BCUT2D eigenvalue weighted by Gasteiger charge is 2.26. The highest BCUT2D eigenvalue weighted by Crippen LogP contribution is 2.29. The van der Waals surface area contributed by atoms with E-state index in [9.17, 15) is 15.2 Å². The summed E-state index contributed by atoms with van der Waals surface area (Å²) in [6.45, 7) is 3.38. The van der Waals surface area contributed by atoms with Gasteiger partial charge in [-0.2, -0.15) is 0 Å². The van der Waals surface area contributed by atoms with Gasteiger partial charge in [-0.3, -0.25) is 10.1 Å². The highest BCUT2D eigenvalue weighted by molar-refractivity contribution is 5.68. The lowest BCUT2D eigenvalue weighted by Gasteiger charge is -2.25. The zero-order valence-corrected chi connectivity index (χ0v) is 9.91. The van der Waals surface area contributed by atoms with Crippen molar-refractivity contribution in [1.82, 2.24) is 9.97 Å². The zero-order chi connectivity index (χ0) is 13.2. The lowest BCUT2D eigenvalue weighted by atomic mass is 10.1. The van der Waals surface area contributed by atoms with Crippen LogP contribution in [-0.2, 0) is 0 Å². The van der Waals surface area contributed by atoms with Crippen LogP contribution in [0, 0.1) is 10.1 Å². The monoisotopic (exact) mass is 241 g/mol. The van der Waals surface area contributed by atoms with Crippen LogP contribution < -0.4 is 10.6 Å². The van der Waals surface area contributed by atoms with Crippen LogP contribution in [-0.4, -0.2) is 39.2 Å². The zero-order valence-electron chi connectivity index (χ0n) is 9.91. The summed E-state index contributed by atoms with van der Waals surface area (Å²) in [5.41, 5.74) is 4.10. The van der Waals surface area contributed by atoms with Gasteiger partial charge < -0.3 is 15.7 Å². The minimum Gasteiger partial charge on any atom is -0.389 e. The lowest BCUT2D eigenvalue weighted by molar-refractivity contribution is -0.383. The molecule has 0 bridgehead atoms. The van der Waals surface area contributed by atoms with Gasteiger partial charge in [0.05, 0.1) is 10.5 Å².